The van der Waals surface area contributed by atoms with Crippen LogP contribution in [0, 0.1) is 11.9 Å². The van der Waals surface area contributed by atoms with Crippen LogP contribution in [0.25, 0.3) is 0 Å². The Morgan fingerprint density at radius 1 is 1.06 bits per heavy atom. The molecule has 2 rings (SSSR count). The Bertz CT molecular complexity index is 469. The van der Waals surface area contributed by atoms with Crippen molar-refractivity contribution in [2.24, 2.45) is 0 Å². The molecule has 3 heteroatoms. The average molecular weight is 217 g/mol. The van der Waals surface area contributed by atoms with Crippen molar-refractivity contribution < 1.29 is 13.9 Å². The third-order valence-corrected chi connectivity index (χ3v) is 2.05. The summed E-state index contributed by atoms with van der Waals surface area (Å²) in [6.07, 6.45) is 0. The fraction of sp³-hybridized carbons (Fsp3) is 0.0769. The van der Waals surface area contributed by atoms with Crippen molar-refractivity contribution in [1.82, 2.24) is 0 Å². The SMILES string of the molecule is COc1ccc(Oc2cc[c]cc2)cc1F. The number of rotatable bonds is 3. The van der Waals surface area contributed by atoms with Crippen molar-refractivity contribution in [3.8, 4) is 17.2 Å². The highest BCUT2D eigenvalue weighted by Crippen LogP contribution is 2.26. The van der Waals surface area contributed by atoms with Crippen LogP contribution in [-0.4, -0.2) is 7.11 Å². The molecule has 0 saturated heterocycles. The molecule has 2 aromatic carbocycles. The zero-order chi connectivity index (χ0) is 11.4. The monoisotopic (exact) mass is 217 g/mol. The van der Waals surface area contributed by atoms with Crippen LogP contribution >= 0.6 is 0 Å². The van der Waals surface area contributed by atoms with Crippen LogP contribution in [0.2, 0.25) is 0 Å². The van der Waals surface area contributed by atoms with Crippen molar-refractivity contribution in [3.63, 3.8) is 0 Å². The summed E-state index contributed by atoms with van der Waals surface area (Å²) in [5, 5.41) is 0. The van der Waals surface area contributed by atoms with Crippen molar-refractivity contribution in [2.75, 3.05) is 7.11 Å². The molecule has 0 aliphatic carbocycles. The lowest BCUT2D eigenvalue weighted by atomic mass is 10.3. The molecule has 0 fully saturated rings. The quantitative estimate of drug-likeness (QED) is 0.784. The normalized spacial score (nSPS) is 9.88. The first-order valence-corrected chi connectivity index (χ1v) is 4.77. The first-order valence-electron chi connectivity index (χ1n) is 4.77. The van der Waals surface area contributed by atoms with Gasteiger partial charge in [-0.2, -0.15) is 0 Å². The molecule has 0 spiro atoms. The van der Waals surface area contributed by atoms with E-state index in [4.69, 9.17) is 9.47 Å². The zero-order valence-electron chi connectivity index (χ0n) is 8.74. The van der Waals surface area contributed by atoms with Gasteiger partial charge in [0.25, 0.3) is 0 Å². The van der Waals surface area contributed by atoms with Gasteiger partial charge in [-0.15, -0.1) is 0 Å². The fourth-order valence-electron chi connectivity index (χ4n) is 1.29. The summed E-state index contributed by atoms with van der Waals surface area (Å²) in [6, 6.07) is 14.3. The van der Waals surface area contributed by atoms with Crippen molar-refractivity contribution in [3.05, 3.63) is 54.3 Å². The van der Waals surface area contributed by atoms with Gasteiger partial charge in [0.1, 0.15) is 11.5 Å². The molecule has 0 amide bonds. The number of ether oxygens (including phenoxy) is 2. The smallest absolute Gasteiger partial charge is 0.168 e. The molecule has 0 aliphatic heterocycles. The minimum Gasteiger partial charge on any atom is -0.494 e. The number of halogens is 1. The van der Waals surface area contributed by atoms with E-state index in [1.807, 2.05) is 0 Å². The molecule has 0 bridgehead atoms. The standard InChI is InChI=1S/C13H10FO2/c1-15-13-8-7-11(9-12(13)14)16-10-5-3-2-4-6-10/h3-9H,1H3. The highest BCUT2D eigenvalue weighted by molar-refractivity contribution is 5.36. The Morgan fingerprint density at radius 2 is 1.81 bits per heavy atom. The number of benzene rings is 2. The van der Waals surface area contributed by atoms with E-state index in [1.54, 1.807) is 30.3 Å². The van der Waals surface area contributed by atoms with E-state index in [0.29, 0.717) is 11.5 Å². The predicted molar refractivity (Wildman–Crippen MR) is 58.3 cm³/mol. The maximum atomic E-state index is 13.3. The van der Waals surface area contributed by atoms with Crippen molar-refractivity contribution in [1.29, 1.82) is 0 Å². The van der Waals surface area contributed by atoms with Gasteiger partial charge in [-0.05, 0) is 30.3 Å². The maximum Gasteiger partial charge on any atom is 0.168 e. The Balaban J connectivity index is 2.20. The summed E-state index contributed by atoms with van der Waals surface area (Å²) in [4.78, 5) is 0. The van der Waals surface area contributed by atoms with E-state index >= 15 is 0 Å². The summed E-state index contributed by atoms with van der Waals surface area (Å²) < 4.78 is 23.6. The van der Waals surface area contributed by atoms with E-state index in [2.05, 4.69) is 6.07 Å². The first-order chi connectivity index (χ1) is 7.79. The molecule has 0 aromatic heterocycles. The van der Waals surface area contributed by atoms with Crippen LogP contribution in [0.15, 0.2) is 42.5 Å². The Morgan fingerprint density at radius 3 is 2.44 bits per heavy atom. The average Bonchev–Trinajstić information content (AvgIpc) is 2.31. The Hall–Kier alpha value is -2.03. The third kappa shape index (κ3) is 2.31. The molecule has 0 saturated carbocycles. The zero-order valence-corrected chi connectivity index (χ0v) is 8.74. The number of hydrogen-bond donors (Lipinski definition) is 0. The molecule has 16 heavy (non-hydrogen) atoms. The summed E-state index contributed by atoms with van der Waals surface area (Å²) in [5.74, 6) is 0.837. The number of hydrogen-bond acceptors (Lipinski definition) is 2. The van der Waals surface area contributed by atoms with Crippen molar-refractivity contribution >= 4 is 0 Å². The van der Waals surface area contributed by atoms with Crippen LogP contribution in [0.5, 0.6) is 17.2 Å². The van der Waals surface area contributed by atoms with E-state index in [0.717, 1.165) is 0 Å². The minimum atomic E-state index is -0.442. The molecule has 0 aliphatic rings. The van der Waals surface area contributed by atoms with Gasteiger partial charge in [0.15, 0.2) is 11.6 Å². The minimum absolute atomic E-state index is 0.203. The summed E-state index contributed by atoms with van der Waals surface area (Å²) in [7, 11) is 1.42. The molecule has 0 heterocycles. The lowest BCUT2D eigenvalue weighted by Crippen LogP contribution is -1.89. The second-order valence-electron chi connectivity index (χ2n) is 3.13. The fourth-order valence-corrected chi connectivity index (χ4v) is 1.29. The van der Waals surface area contributed by atoms with Crippen molar-refractivity contribution in [2.45, 2.75) is 0 Å². The molecule has 81 valence electrons. The van der Waals surface area contributed by atoms with E-state index in [-0.39, 0.29) is 5.75 Å². The molecule has 2 nitrogen and oxygen atoms in total. The van der Waals surface area contributed by atoms with Crippen LogP contribution in [0.3, 0.4) is 0 Å². The van der Waals surface area contributed by atoms with Gasteiger partial charge in [-0.1, -0.05) is 12.1 Å². The molecular formula is C13H10FO2. The van der Waals surface area contributed by atoms with Gasteiger partial charge in [0.05, 0.1) is 7.11 Å². The topological polar surface area (TPSA) is 18.5 Å². The maximum absolute atomic E-state index is 13.3. The number of methoxy groups -OCH3 is 1. The third-order valence-electron chi connectivity index (χ3n) is 2.05. The molecule has 1 radical (unpaired) electrons. The second-order valence-corrected chi connectivity index (χ2v) is 3.13. The summed E-state index contributed by atoms with van der Waals surface area (Å²) in [6.45, 7) is 0. The Kier molecular flexibility index (Phi) is 3.05. The summed E-state index contributed by atoms with van der Waals surface area (Å²) in [5.41, 5.74) is 0. The second kappa shape index (κ2) is 4.66. The van der Waals surface area contributed by atoms with Crippen LogP contribution < -0.4 is 9.47 Å². The van der Waals surface area contributed by atoms with Gasteiger partial charge in [0, 0.05) is 6.07 Å². The molecule has 0 atom stereocenters. The van der Waals surface area contributed by atoms with Crippen LogP contribution in [0.4, 0.5) is 4.39 Å². The highest BCUT2D eigenvalue weighted by atomic mass is 19.1. The predicted octanol–water partition coefficient (Wildman–Crippen LogP) is 3.43. The molecular weight excluding hydrogens is 207 g/mol. The van der Waals surface area contributed by atoms with E-state index in [1.165, 1.54) is 19.2 Å². The van der Waals surface area contributed by atoms with E-state index < -0.39 is 5.82 Å². The highest BCUT2D eigenvalue weighted by Gasteiger charge is 2.04. The summed E-state index contributed by atoms with van der Waals surface area (Å²) >= 11 is 0. The molecule has 0 N–H and O–H groups in total. The molecule has 2 aromatic rings. The van der Waals surface area contributed by atoms with Gasteiger partial charge in [-0.3, -0.25) is 0 Å². The molecule has 0 unspecified atom stereocenters. The largest absolute Gasteiger partial charge is 0.494 e. The lowest BCUT2D eigenvalue weighted by molar-refractivity contribution is 0.383. The van der Waals surface area contributed by atoms with Crippen LogP contribution in [0.1, 0.15) is 0 Å². The van der Waals surface area contributed by atoms with Gasteiger partial charge in [0.2, 0.25) is 0 Å². The van der Waals surface area contributed by atoms with Crippen LogP contribution in [-0.2, 0) is 0 Å². The first kappa shape index (κ1) is 10.5. The lowest BCUT2D eigenvalue weighted by Gasteiger charge is -2.07. The Labute approximate surface area is 93.2 Å². The van der Waals surface area contributed by atoms with Gasteiger partial charge in [-0.25, -0.2) is 4.39 Å². The van der Waals surface area contributed by atoms with Gasteiger partial charge >= 0.3 is 0 Å². The van der Waals surface area contributed by atoms with Gasteiger partial charge < -0.3 is 9.47 Å². The van der Waals surface area contributed by atoms with E-state index in [9.17, 15) is 4.39 Å².